The van der Waals surface area contributed by atoms with E-state index in [1.807, 2.05) is 0 Å². The molecule has 0 amide bonds. The highest BCUT2D eigenvalue weighted by molar-refractivity contribution is 5.52. The standard InChI is InChI=1S/C12H14O4/c1-4-5-16-8-9-6-10(13)12(15-3)11(7-9)14-2/h1,6-7,13H,5,8H2,2-3H3. The zero-order chi connectivity index (χ0) is 12.0. The van der Waals surface area contributed by atoms with Gasteiger partial charge < -0.3 is 19.3 Å². The normalized spacial score (nSPS) is 9.56. The Kier molecular flexibility index (Phi) is 4.49. The summed E-state index contributed by atoms with van der Waals surface area (Å²) < 4.78 is 15.2. The second kappa shape index (κ2) is 5.89. The lowest BCUT2D eigenvalue weighted by Crippen LogP contribution is -1.96. The van der Waals surface area contributed by atoms with Crippen molar-refractivity contribution in [3.63, 3.8) is 0 Å². The van der Waals surface area contributed by atoms with Gasteiger partial charge in [-0.1, -0.05) is 5.92 Å². The molecule has 0 aliphatic carbocycles. The maximum atomic E-state index is 9.66. The Morgan fingerprint density at radius 2 is 2.06 bits per heavy atom. The largest absolute Gasteiger partial charge is 0.504 e. The fourth-order valence-electron chi connectivity index (χ4n) is 1.31. The molecule has 0 unspecified atom stereocenters. The molecule has 0 saturated carbocycles. The van der Waals surface area contributed by atoms with Crippen LogP contribution in [0.5, 0.6) is 17.2 Å². The third kappa shape index (κ3) is 2.81. The first-order valence-corrected chi connectivity index (χ1v) is 4.68. The first kappa shape index (κ1) is 12.2. The maximum Gasteiger partial charge on any atom is 0.203 e. The molecule has 1 aromatic rings. The van der Waals surface area contributed by atoms with Crippen molar-refractivity contribution in [1.29, 1.82) is 0 Å². The molecule has 0 aliphatic rings. The van der Waals surface area contributed by atoms with Crippen molar-refractivity contribution < 1.29 is 19.3 Å². The number of ether oxygens (including phenoxy) is 3. The Morgan fingerprint density at radius 1 is 1.31 bits per heavy atom. The monoisotopic (exact) mass is 222 g/mol. The molecule has 0 saturated heterocycles. The minimum absolute atomic E-state index is 0.0150. The smallest absolute Gasteiger partial charge is 0.203 e. The summed E-state index contributed by atoms with van der Waals surface area (Å²) in [5.74, 6) is 3.15. The minimum Gasteiger partial charge on any atom is -0.504 e. The van der Waals surface area contributed by atoms with E-state index in [0.29, 0.717) is 18.1 Å². The summed E-state index contributed by atoms with van der Waals surface area (Å²) in [7, 11) is 2.97. The van der Waals surface area contributed by atoms with Gasteiger partial charge in [0, 0.05) is 0 Å². The highest BCUT2D eigenvalue weighted by atomic mass is 16.5. The van der Waals surface area contributed by atoms with Gasteiger partial charge in [0.15, 0.2) is 11.5 Å². The van der Waals surface area contributed by atoms with Crippen LogP contribution in [0.1, 0.15) is 5.56 Å². The van der Waals surface area contributed by atoms with Gasteiger partial charge in [-0.05, 0) is 17.7 Å². The molecule has 0 atom stereocenters. The van der Waals surface area contributed by atoms with Gasteiger partial charge in [-0.2, -0.15) is 0 Å². The second-order valence-corrected chi connectivity index (χ2v) is 3.05. The molecule has 0 fully saturated rings. The Labute approximate surface area is 94.8 Å². The molecule has 4 heteroatoms. The topological polar surface area (TPSA) is 47.9 Å². The van der Waals surface area contributed by atoms with E-state index in [0.717, 1.165) is 5.56 Å². The lowest BCUT2D eigenvalue weighted by atomic mass is 10.2. The third-order valence-electron chi connectivity index (χ3n) is 1.97. The van der Waals surface area contributed by atoms with Crippen LogP contribution >= 0.6 is 0 Å². The number of rotatable bonds is 5. The molecular formula is C12H14O4. The first-order valence-electron chi connectivity index (χ1n) is 4.68. The molecule has 0 aliphatic heterocycles. The molecule has 0 spiro atoms. The third-order valence-corrected chi connectivity index (χ3v) is 1.97. The summed E-state index contributed by atoms with van der Waals surface area (Å²) in [6.07, 6.45) is 5.06. The summed E-state index contributed by atoms with van der Waals surface area (Å²) in [6, 6.07) is 3.28. The molecule has 0 aromatic heterocycles. The van der Waals surface area contributed by atoms with Crippen LogP contribution in [0.2, 0.25) is 0 Å². The molecule has 0 radical (unpaired) electrons. The van der Waals surface area contributed by atoms with Crippen LogP contribution in [0, 0.1) is 12.3 Å². The average Bonchev–Trinajstić information content (AvgIpc) is 2.28. The van der Waals surface area contributed by atoms with Crippen LogP contribution in [-0.4, -0.2) is 25.9 Å². The van der Waals surface area contributed by atoms with Crippen molar-refractivity contribution >= 4 is 0 Å². The molecule has 0 heterocycles. The van der Waals surface area contributed by atoms with Crippen LogP contribution in [0.15, 0.2) is 12.1 Å². The Bertz CT molecular complexity index is 393. The number of benzene rings is 1. The van der Waals surface area contributed by atoms with Crippen molar-refractivity contribution in [2.24, 2.45) is 0 Å². The lowest BCUT2D eigenvalue weighted by molar-refractivity contribution is 0.153. The molecule has 1 aromatic carbocycles. The molecular weight excluding hydrogens is 208 g/mol. The lowest BCUT2D eigenvalue weighted by Gasteiger charge is -2.11. The zero-order valence-electron chi connectivity index (χ0n) is 9.32. The van der Waals surface area contributed by atoms with Crippen molar-refractivity contribution in [2.75, 3.05) is 20.8 Å². The van der Waals surface area contributed by atoms with Gasteiger partial charge >= 0.3 is 0 Å². The van der Waals surface area contributed by atoms with E-state index in [9.17, 15) is 5.11 Å². The summed E-state index contributed by atoms with van der Waals surface area (Å²) in [6.45, 7) is 0.549. The van der Waals surface area contributed by atoms with E-state index < -0.39 is 0 Å². The van der Waals surface area contributed by atoms with Crippen molar-refractivity contribution in [2.45, 2.75) is 6.61 Å². The van der Waals surface area contributed by atoms with Crippen LogP contribution in [0.3, 0.4) is 0 Å². The first-order chi connectivity index (χ1) is 7.72. The number of aromatic hydroxyl groups is 1. The Hall–Kier alpha value is -1.86. The molecule has 1 rings (SSSR count). The molecule has 4 nitrogen and oxygen atoms in total. The number of phenolic OH excluding ortho intramolecular Hbond substituents is 1. The van der Waals surface area contributed by atoms with Crippen LogP contribution in [0.4, 0.5) is 0 Å². The summed E-state index contributed by atoms with van der Waals surface area (Å²) in [5.41, 5.74) is 0.769. The highest BCUT2D eigenvalue weighted by Crippen LogP contribution is 2.37. The number of phenols is 1. The van der Waals surface area contributed by atoms with Crippen molar-refractivity contribution in [3.05, 3.63) is 17.7 Å². The van der Waals surface area contributed by atoms with Gasteiger partial charge in [-0.3, -0.25) is 0 Å². The van der Waals surface area contributed by atoms with Crippen molar-refractivity contribution in [1.82, 2.24) is 0 Å². The summed E-state index contributed by atoms with van der Waals surface area (Å²) >= 11 is 0. The van der Waals surface area contributed by atoms with Gasteiger partial charge in [0.05, 0.1) is 20.8 Å². The average molecular weight is 222 g/mol. The van der Waals surface area contributed by atoms with Gasteiger partial charge in [0.2, 0.25) is 5.75 Å². The van der Waals surface area contributed by atoms with Crippen LogP contribution in [0.25, 0.3) is 0 Å². The zero-order valence-corrected chi connectivity index (χ0v) is 9.32. The number of hydrogen-bond acceptors (Lipinski definition) is 4. The quantitative estimate of drug-likeness (QED) is 0.606. The van der Waals surface area contributed by atoms with Gasteiger partial charge in [0.25, 0.3) is 0 Å². The summed E-state index contributed by atoms with van der Waals surface area (Å²) in [5, 5.41) is 9.66. The number of hydrogen-bond donors (Lipinski definition) is 1. The molecule has 16 heavy (non-hydrogen) atoms. The van der Waals surface area contributed by atoms with Gasteiger partial charge in [0.1, 0.15) is 6.61 Å². The van der Waals surface area contributed by atoms with Crippen LogP contribution < -0.4 is 9.47 Å². The van der Waals surface area contributed by atoms with Crippen molar-refractivity contribution in [3.8, 4) is 29.6 Å². The molecule has 86 valence electrons. The fraction of sp³-hybridized carbons (Fsp3) is 0.333. The van der Waals surface area contributed by atoms with Gasteiger partial charge in [-0.25, -0.2) is 0 Å². The predicted octanol–water partition coefficient (Wildman–Crippen LogP) is 1.56. The van der Waals surface area contributed by atoms with Crippen LogP contribution in [-0.2, 0) is 11.3 Å². The van der Waals surface area contributed by atoms with E-state index in [1.165, 1.54) is 14.2 Å². The Morgan fingerprint density at radius 3 is 2.62 bits per heavy atom. The maximum absolute atomic E-state index is 9.66. The molecule has 1 N–H and O–H groups in total. The number of methoxy groups -OCH3 is 2. The number of terminal acetylenes is 1. The summed E-state index contributed by atoms with van der Waals surface area (Å²) in [4.78, 5) is 0. The SMILES string of the molecule is C#CCOCc1cc(O)c(OC)c(OC)c1. The van der Waals surface area contributed by atoms with E-state index >= 15 is 0 Å². The fourth-order valence-corrected chi connectivity index (χ4v) is 1.31. The van der Waals surface area contributed by atoms with E-state index in [2.05, 4.69) is 5.92 Å². The molecule has 0 bridgehead atoms. The van der Waals surface area contributed by atoms with E-state index in [1.54, 1.807) is 12.1 Å². The Balaban J connectivity index is 2.88. The van der Waals surface area contributed by atoms with E-state index in [-0.39, 0.29) is 12.4 Å². The second-order valence-electron chi connectivity index (χ2n) is 3.05. The predicted molar refractivity (Wildman–Crippen MR) is 59.7 cm³/mol. The van der Waals surface area contributed by atoms with Gasteiger partial charge in [-0.15, -0.1) is 6.42 Å². The van der Waals surface area contributed by atoms with E-state index in [4.69, 9.17) is 20.6 Å². The minimum atomic E-state index is 0.0150. The highest BCUT2D eigenvalue weighted by Gasteiger charge is 2.11.